The van der Waals surface area contributed by atoms with Crippen LogP contribution in [-0.4, -0.2) is 43.2 Å². The van der Waals surface area contributed by atoms with Gasteiger partial charge in [-0.2, -0.15) is 5.26 Å². The highest BCUT2D eigenvalue weighted by Gasteiger charge is 2.63. The summed E-state index contributed by atoms with van der Waals surface area (Å²) < 4.78 is 42.6. The zero-order valence-electron chi connectivity index (χ0n) is 26.3. The van der Waals surface area contributed by atoms with Crippen molar-refractivity contribution in [1.29, 1.82) is 5.26 Å². The lowest BCUT2D eigenvalue weighted by molar-refractivity contribution is -0.114. The normalized spacial score (nSPS) is 21.0. The number of halogens is 4. The fourth-order valence-electron chi connectivity index (χ4n) is 6.75. The predicted molar refractivity (Wildman–Crippen MR) is 173 cm³/mol. The number of carbonyl (C=O) groups is 2. The average molecular weight is 669 g/mol. The number of nitriles is 1. The monoisotopic (exact) mass is 667 g/mol. The van der Waals surface area contributed by atoms with Gasteiger partial charge in [0.15, 0.2) is 0 Å². The molecule has 1 saturated heterocycles. The van der Waals surface area contributed by atoms with E-state index in [-0.39, 0.29) is 43.8 Å². The van der Waals surface area contributed by atoms with E-state index in [0.717, 1.165) is 6.07 Å². The first-order valence-electron chi connectivity index (χ1n) is 14.7. The molecule has 1 fully saturated rings. The first kappa shape index (κ1) is 33.2. The van der Waals surface area contributed by atoms with Crippen LogP contribution < -0.4 is 9.64 Å². The molecule has 0 N–H and O–H groups in total. The van der Waals surface area contributed by atoms with Crippen LogP contribution in [0.4, 0.5) is 14.5 Å². The molecule has 46 heavy (non-hydrogen) atoms. The quantitative estimate of drug-likeness (QED) is 0.237. The molecule has 7 nitrogen and oxygen atoms in total. The molecule has 0 saturated carbocycles. The Bertz CT molecular complexity index is 1820. The molecule has 0 aromatic heterocycles. The van der Waals surface area contributed by atoms with Crippen LogP contribution in [0.2, 0.25) is 10.0 Å². The van der Waals surface area contributed by atoms with Crippen molar-refractivity contribution in [3.63, 3.8) is 0 Å². The Hall–Kier alpha value is -4.13. The minimum absolute atomic E-state index is 0.0227. The van der Waals surface area contributed by atoms with Gasteiger partial charge in [0.05, 0.1) is 31.4 Å². The topological polar surface area (TPSA) is 82.9 Å². The molecule has 5 rings (SSSR count). The van der Waals surface area contributed by atoms with Gasteiger partial charge >= 0.3 is 5.97 Å². The summed E-state index contributed by atoms with van der Waals surface area (Å²) in [6.45, 7) is 7.84. The van der Waals surface area contributed by atoms with Crippen molar-refractivity contribution in [2.75, 3.05) is 19.1 Å². The zero-order chi connectivity index (χ0) is 33.7. The summed E-state index contributed by atoms with van der Waals surface area (Å²) >= 11 is 12.4. The molecule has 3 aromatic rings. The third-order valence-electron chi connectivity index (χ3n) is 8.56. The maximum atomic E-state index is 16.1. The number of esters is 1. The van der Waals surface area contributed by atoms with Gasteiger partial charge in [-0.15, -0.1) is 0 Å². The molecule has 0 unspecified atom stereocenters. The molecule has 0 bridgehead atoms. The predicted octanol–water partition coefficient (Wildman–Crippen LogP) is 8.14. The van der Waals surface area contributed by atoms with Crippen LogP contribution in [0.3, 0.4) is 0 Å². The molecular formula is C35H33Cl2F2N3O4. The standard InChI is InChI=1S/C35H33Cl2F2N3O4/c1-7-28-41(20-12-13-21(33(44)46-6)26(16-20)45-5)32(43)31-29(22-9-8-10-24(37)30(22)39)35(18-40,23-14-11-19(36)15-25(23)38)27(42(28)31)17-34(2,3)4/h8-16,27-28H,7,17H2,1-6H3/t27-,28+,35-/m0/s1. The number of rotatable bonds is 7. The van der Waals surface area contributed by atoms with E-state index in [9.17, 15) is 14.9 Å². The number of methoxy groups -OCH3 is 2. The number of ether oxygens (including phenoxy) is 2. The Morgan fingerprint density at radius 2 is 1.80 bits per heavy atom. The summed E-state index contributed by atoms with van der Waals surface area (Å²) in [6, 6.07) is 14.6. The Balaban J connectivity index is 1.89. The molecule has 11 heteroatoms. The van der Waals surface area contributed by atoms with Crippen LogP contribution in [0.5, 0.6) is 5.75 Å². The fraction of sp³-hybridized carbons (Fsp3) is 0.343. The Morgan fingerprint density at radius 1 is 1.09 bits per heavy atom. The largest absolute Gasteiger partial charge is 0.496 e. The zero-order valence-corrected chi connectivity index (χ0v) is 27.8. The van der Waals surface area contributed by atoms with Crippen molar-refractivity contribution >= 4 is 46.3 Å². The van der Waals surface area contributed by atoms with Gasteiger partial charge < -0.3 is 14.4 Å². The third kappa shape index (κ3) is 5.18. The molecule has 0 aliphatic carbocycles. The van der Waals surface area contributed by atoms with Crippen LogP contribution in [0.1, 0.15) is 62.0 Å². The van der Waals surface area contributed by atoms with Crippen molar-refractivity contribution in [3.05, 3.63) is 98.7 Å². The Labute approximate surface area is 276 Å². The highest BCUT2D eigenvalue weighted by Crippen LogP contribution is 2.58. The van der Waals surface area contributed by atoms with Crippen molar-refractivity contribution in [1.82, 2.24) is 4.90 Å². The lowest BCUT2D eigenvalue weighted by Gasteiger charge is -2.43. The third-order valence-corrected chi connectivity index (χ3v) is 9.09. The Morgan fingerprint density at radius 3 is 2.39 bits per heavy atom. The molecule has 0 spiro atoms. The van der Waals surface area contributed by atoms with Gasteiger partial charge in [0.25, 0.3) is 5.91 Å². The van der Waals surface area contributed by atoms with Crippen LogP contribution in [0, 0.1) is 28.4 Å². The molecule has 2 aliphatic heterocycles. The summed E-state index contributed by atoms with van der Waals surface area (Å²) in [5.74, 6) is -2.54. The van der Waals surface area contributed by atoms with E-state index in [0.29, 0.717) is 18.5 Å². The minimum atomic E-state index is -1.84. The number of benzene rings is 3. The van der Waals surface area contributed by atoms with Crippen LogP contribution in [0.25, 0.3) is 5.57 Å². The van der Waals surface area contributed by atoms with Gasteiger partial charge in [-0.25, -0.2) is 13.6 Å². The van der Waals surface area contributed by atoms with Crippen molar-refractivity contribution in [2.45, 2.75) is 58.2 Å². The number of hydrogen-bond acceptors (Lipinski definition) is 6. The highest BCUT2D eigenvalue weighted by molar-refractivity contribution is 6.31. The number of fused-ring (bicyclic) bond motifs is 1. The SMILES string of the molecule is CC[C@@H]1N(c2ccc(C(=O)OC)c(OC)c2)C(=O)C2=C(c3cccc(Cl)c3F)[C@@](C#N)(c3ccc(Cl)cc3F)[C@H](CC(C)(C)C)N21. The molecule has 1 amide bonds. The molecule has 240 valence electrons. The average Bonchev–Trinajstić information content (AvgIpc) is 3.45. The van der Waals surface area contributed by atoms with Crippen LogP contribution in [-0.2, 0) is 14.9 Å². The number of amides is 1. The number of anilines is 1. The van der Waals surface area contributed by atoms with Crippen molar-refractivity contribution < 1.29 is 27.8 Å². The first-order chi connectivity index (χ1) is 21.7. The lowest BCUT2D eigenvalue weighted by Crippen LogP contribution is -2.51. The molecule has 0 radical (unpaired) electrons. The molecule has 3 aromatic carbocycles. The second kappa shape index (κ2) is 12.2. The van der Waals surface area contributed by atoms with E-state index < -0.39 is 46.5 Å². The number of nitrogens with zero attached hydrogens (tertiary/aromatic N) is 3. The van der Waals surface area contributed by atoms with Crippen molar-refractivity contribution in [2.24, 2.45) is 5.41 Å². The van der Waals surface area contributed by atoms with Gasteiger partial charge in [0, 0.05) is 33.5 Å². The second-order valence-corrected chi connectivity index (χ2v) is 13.3. The van der Waals surface area contributed by atoms with E-state index in [2.05, 4.69) is 6.07 Å². The first-order valence-corrected chi connectivity index (χ1v) is 15.4. The number of carbonyl (C=O) groups excluding carboxylic acids is 2. The maximum Gasteiger partial charge on any atom is 0.341 e. The van der Waals surface area contributed by atoms with E-state index in [1.807, 2.05) is 32.6 Å². The van der Waals surface area contributed by atoms with E-state index in [4.69, 9.17) is 32.7 Å². The lowest BCUT2D eigenvalue weighted by atomic mass is 9.65. The highest BCUT2D eigenvalue weighted by atomic mass is 35.5. The van der Waals surface area contributed by atoms with Gasteiger partial charge in [0.1, 0.15) is 40.2 Å². The molecule has 2 aliphatic rings. The summed E-state index contributed by atoms with van der Waals surface area (Å²) in [4.78, 5) is 30.6. The van der Waals surface area contributed by atoms with E-state index in [1.54, 1.807) is 12.1 Å². The second-order valence-electron chi connectivity index (χ2n) is 12.5. The Kier molecular flexibility index (Phi) is 8.84. The summed E-state index contributed by atoms with van der Waals surface area (Å²) in [5.41, 5.74) is -1.71. The van der Waals surface area contributed by atoms with E-state index in [1.165, 1.54) is 55.5 Å². The minimum Gasteiger partial charge on any atom is -0.496 e. The summed E-state index contributed by atoms with van der Waals surface area (Å²) in [7, 11) is 2.65. The van der Waals surface area contributed by atoms with Gasteiger partial charge in [-0.05, 0) is 48.6 Å². The van der Waals surface area contributed by atoms with Crippen LogP contribution >= 0.6 is 23.2 Å². The molecule has 2 heterocycles. The summed E-state index contributed by atoms with van der Waals surface area (Å²) in [5, 5.41) is 11.1. The van der Waals surface area contributed by atoms with Crippen molar-refractivity contribution in [3.8, 4) is 11.8 Å². The van der Waals surface area contributed by atoms with Gasteiger partial charge in [-0.3, -0.25) is 9.69 Å². The fourth-order valence-corrected chi connectivity index (χ4v) is 7.09. The van der Waals surface area contributed by atoms with Crippen LogP contribution in [0.15, 0.2) is 60.3 Å². The maximum absolute atomic E-state index is 16.1. The smallest absolute Gasteiger partial charge is 0.341 e. The number of hydrogen-bond donors (Lipinski definition) is 0. The van der Waals surface area contributed by atoms with Gasteiger partial charge in [-0.1, -0.05) is 69.1 Å². The van der Waals surface area contributed by atoms with E-state index >= 15 is 8.78 Å². The molecular weight excluding hydrogens is 635 g/mol. The summed E-state index contributed by atoms with van der Waals surface area (Å²) in [6.07, 6.45) is 0.0266. The van der Waals surface area contributed by atoms with Gasteiger partial charge in [0.2, 0.25) is 0 Å². The molecule has 3 atom stereocenters.